The van der Waals surface area contributed by atoms with Crippen LogP contribution in [0.15, 0.2) is 24.0 Å². The second-order valence-corrected chi connectivity index (χ2v) is 5.92. The first-order valence-corrected chi connectivity index (χ1v) is 7.38. The third kappa shape index (κ3) is 2.73. The van der Waals surface area contributed by atoms with Gasteiger partial charge in [-0.1, -0.05) is 11.6 Å². The van der Waals surface area contributed by atoms with Crippen LogP contribution in [0.25, 0.3) is 11.4 Å². The SMILES string of the molecule is CC(Cc1nc(-c2cnn(C)n2)cs1)n1cc(Cl)cn1. The van der Waals surface area contributed by atoms with E-state index >= 15 is 0 Å². The summed E-state index contributed by atoms with van der Waals surface area (Å²) in [4.78, 5) is 6.13. The summed E-state index contributed by atoms with van der Waals surface area (Å²) >= 11 is 7.50. The van der Waals surface area contributed by atoms with Crippen molar-refractivity contribution in [3.63, 3.8) is 0 Å². The maximum absolute atomic E-state index is 5.88. The van der Waals surface area contributed by atoms with Gasteiger partial charge in [-0.25, -0.2) is 4.98 Å². The molecule has 0 aliphatic heterocycles. The Labute approximate surface area is 125 Å². The van der Waals surface area contributed by atoms with Crippen LogP contribution in [0.1, 0.15) is 18.0 Å². The van der Waals surface area contributed by atoms with E-state index in [2.05, 4.69) is 27.2 Å². The zero-order chi connectivity index (χ0) is 14.1. The zero-order valence-electron chi connectivity index (χ0n) is 11.1. The quantitative estimate of drug-likeness (QED) is 0.743. The van der Waals surface area contributed by atoms with E-state index in [0.29, 0.717) is 5.02 Å². The fourth-order valence-electron chi connectivity index (χ4n) is 1.89. The molecule has 0 spiro atoms. The van der Waals surface area contributed by atoms with Gasteiger partial charge in [-0.2, -0.15) is 20.1 Å². The van der Waals surface area contributed by atoms with Crippen LogP contribution in [0.4, 0.5) is 0 Å². The highest BCUT2D eigenvalue weighted by molar-refractivity contribution is 7.09. The van der Waals surface area contributed by atoms with Crippen LogP contribution in [0, 0.1) is 0 Å². The number of thiazole rings is 1. The van der Waals surface area contributed by atoms with Crippen LogP contribution >= 0.6 is 22.9 Å². The average molecular weight is 309 g/mol. The highest BCUT2D eigenvalue weighted by Gasteiger charge is 2.12. The van der Waals surface area contributed by atoms with Gasteiger partial charge in [-0.15, -0.1) is 11.3 Å². The molecule has 8 heteroatoms. The van der Waals surface area contributed by atoms with Gasteiger partial charge in [0.05, 0.1) is 28.5 Å². The van der Waals surface area contributed by atoms with Crippen LogP contribution in [-0.4, -0.2) is 29.8 Å². The molecule has 3 aromatic heterocycles. The van der Waals surface area contributed by atoms with Gasteiger partial charge in [0.15, 0.2) is 0 Å². The molecule has 0 saturated carbocycles. The second kappa shape index (κ2) is 5.34. The monoisotopic (exact) mass is 308 g/mol. The Morgan fingerprint density at radius 2 is 2.15 bits per heavy atom. The van der Waals surface area contributed by atoms with Crippen molar-refractivity contribution in [1.82, 2.24) is 29.8 Å². The third-order valence-electron chi connectivity index (χ3n) is 2.91. The summed E-state index contributed by atoms with van der Waals surface area (Å²) in [6.45, 7) is 2.09. The number of rotatable bonds is 4. The normalized spacial score (nSPS) is 12.8. The summed E-state index contributed by atoms with van der Waals surface area (Å²) in [5, 5.41) is 16.2. The Morgan fingerprint density at radius 3 is 2.80 bits per heavy atom. The molecule has 0 aliphatic rings. The van der Waals surface area contributed by atoms with E-state index in [1.54, 1.807) is 30.8 Å². The van der Waals surface area contributed by atoms with E-state index in [0.717, 1.165) is 22.8 Å². The van der Waals surface area contributed by atoms with Crippen molar-refractivity contribution in [3.8, 4) is 11.4 Å². The smallest absolute Gasteiger partial charge is 0.132 e. The van der Waals surface area contributed by atoms with Crippen molar-refractivity contribution >= 4 is 22.9 Å². The van der Waals surface area contributed by atoms with Gasteiger partial charge in [0.2, 0.25) is 0 Å². The van der Waals surface area contributed by atoms with Crippen molar-refractivity contribution in [1.29, 1.82) is 0 Å². The highest BCUT2D eigenvalue weighted by atomic mass is 35.5. The van der Waals surface area contributed by atoms with Gasteiger partial charge in [-0.05, 0) is 6.92 Å². The Hall–Kier alpha value is -1.73. The Morgan fingerprint density at radius 1 is 1.30 bits per heavy atom. The fraction of sp³-hybridized carbons (Fsp3) is 0.333. The average Bonchev–Trinajstić information content (AvgIpc) is 3.10. The molecule has 0 saturated heterocycles. The number of aryl methyl sites for hydroxylation is 1. The van der Waals surface area contributed by atoms with Crippen molar-refractivity contribution in [2.75, 3.05) is 0 Å². The highest BCUT2D eigenvalue weighted by Crippen LogP contribution is 2.23. The second-order valence-electron chi connectivity index (χ2n) is 4.54. The first kappa shape index (κ1) is 13.3. The van der Waals surface area contributed by atoms with Crippen LogP contribution in [0.3, 0.4) is 0 Å². The number of hydrogen-bond donors (Lipinski definition) is 0. The van der Waals surface area contributed by atoms with Gasteiger partial charge in [0.25, 0.3) is 0 Å². The van der Waals surface area contributed by atoms with E-state index in [1.807, 2.05) is 16.3 Å². The molecule has 3 aromatic rings. The molecule has 1 atom stereocenters. The lowest BCUT2D eigenvalue weighted by Crippen LogP contribution is -2.08. The predicted octanol–water partition coefficient (Wildman–Crippen LogP) is 2.59. The largest absolute Gasteiger partial charge is 0.268 e. The summed E-state index contributed by atoms with van der Waals surface area (Å²) in [5.41, 5.74) is 1.66. The maximum atomic E-state index is 5.88. The van der Waals surface area contributed by atoms with Crippen molar-refractivity contribution in [2.45, 2.75) is 19.4 Å². The third-order valence-corrected chi connectivity index (χ3v) is 3.97. The summed E-state index contributed by atoms with van der Waals surface area (Å²) in [5.74, 6) is 0. The molecule has 0 radical (unpaired) electrons. The van der Waals surface area contributed by atoms with Gasteiger partial charge >= 0.3 is 0 Å². The molecule has 104 valence electrons. The van der Waals surface area contributed by atoms with Gasteiger partial charge in [0, 0.05) is 25.0 Å². The van der Waals surface area contributed by atoms with Gasteiger partial charge in [-0.3, -0.25) is 4.68 Å². The molecule has 0 N–H and O–H groups in total. The Balaban J connectivity index is 1.74. The number of nitrogens with zero attached hydrogens (tertiary/aromatic N) is 6. The first-order valence-electron chi connectivity index (χ1n) is 6.12. The first-order chi connectivity index (χ1) is 9.61. The van der Waals surface area contributed by atoms with Crippen molar-refractivity contribution < 1.29 is 0 Å². The zero-order valence-corrected chi connectivity index (χ0v) is 12.6. The lowest BCUT2D eigenvalue weighted by molar-refractivity contribution is 0.488. The molecule has 0 fully saturated rings. The van der Waals surface area contributed by atoms with Crippen molar-refractivity contribution in [3.05, 3.63) is 34.0 Å². The number of hydrogen-bond acceptors (Lipinski definition) is 5. The summed E-state index contributed by atoms with van der Waals surface area (Å²) < 4.78 is 1.85. The minimum atomic E-state index is 0.211. The van der Waals surface area contributed by atoms with Gasteiger partial charge in [0.1, 0.15) is 11.4 Å². The summed E-state index contributed by atoms with van der Waals surface area (Å²) in [6, 6.07) is 0.211. The molecule has 3 heterocycles. The molecule has 1 unspecified atom stereocenters. The molecule has 3 rings (SSSR count). The molecule has 0 aliphatic carbocycles. The molecular weight excluding hydrogens is 296 g/mol. The lowest BCUT2D eigenvalue weighted by atomic mass is 10.2. The Bertz CT molecular complexity index is 715. The van der Waals surface area contributed by atoms with E-state index in [1.165, 1.54) is 4.80 Å². The van der Waals surface area contributed by atoms with E-state index in [-0.39, 0.29) is 6.04 Å². The topological polar surface area (TPSA) is 61.4 Å². The molecule has 0 bridgehead atoms. The van der Waals surface area contributed by atoms with Crippen LogP contribution < -0.4 is 0 Å². The van der Waals surface area contributed by atoms with Gasteiger partial charge < -0.3 is 0 Å². The molecule has 6 nitrogen and oxygen atoms in total. The van der Waals surface area contributed by atoms with E-state index in [4.69, 9.17) is 11.6 Å². The fourth-order valence-corrected chi connectivity index (χ4v) is 2.94. The van der Waals surface area contributed by atoms with Crippen LogP contribution in [-0.2, 0) is 13.5 Å². The summed E-state index contributed by atoms with van der Waals surface area (Å²) in [7, 11) is 1.79. The molecule has 0 aromatic carbocycles. The Kier molecular flexibility index (Phi) is 3.54. The standard InChI is InChI=1S/C12H13ClN6S/c1-8(19-6-9(13)4-15-19)3-12-16-11(7-20-12)10-5-14-18(2)17-10/h4-8H,3H2,1-2H3. The molecular formula is C12H13ClN6S. The van der Waals surface area contributed by atoms with E-state index in [9.17, 15) is 0 Å². The van der Waals surface area contributed by atoms with Crippen LogP contribution in [0.2, 0.25) is 5.02 Å². The minimum Gasteiger partial charge on any atom is -0.268 e. The van der Waals surface area contributed by atoms with Crippen molar-refractivity contribution in [2.24, 2.45) is 7.05 Å². The van der Waals surface area contributed by atoms with Crippen LogP contribution in [0.5, 0.6) is 0 Å². The predicted molar refractivity (Wildman–Crippen MR) is 77.8 cm³/mol. The minimum absolute atomic E-state index is 0.211. The van der Waals surface area contributed by atoms with E-state index < -0.39 is 0 Å². The number of aromatic nitrogens is 6. The maximum Gasteiger partial charge on any atom is 0.132 e. The lowest BCUT2D eigenvalue weighted by Gasteiger charge is -2.09. The molecule has 20 heavy (non-hydrogen) atoms. The summed E-state index contributed by atoms with van der Waals surface area (Å²) in [6.07, 6.45) is 5.99. The molecule has 0 amide bonds. The number of halogens is 1.